The molecule has 0 aliphatic carbocycles. The summed E-state index contributed by atoms with van der Waals surface area (Å²) in [6, 6.07) is 11.5. The Morgan fingerprint density at radius 1 is 1.13 bits per heavy atom. The van der Waals surface area contributed by atoms with Crippen LogP contribution in [0.2, 0.25) is 0 Å². The topological polar surface area (TPSA) is 75.6 Å². The Balaban J connectivity index is 2.02. The maximum atomic E-state index is 12.2. The smallest absolute Gasteiger partial charge is 0.339 e. The number of esters is 1. The lowest BCUT2D eigenvalue weighted by Gasteiger charge is -2.15. The number of hydrogen-bond acceptors (Lipinski definition) is 4. The standard InChI is InChI=1S/C18H19NO4/c1-11-7-8-12(2)16(9-11)19-17(21)13(3)23-18(22)14-5-4-6-15(20)10-14/h4-10,13,20H,1-3H3,(H,19,21). The van der Waals surface area contributed by atoms with Crippen molar-refractivity contribution in [1.29, 1.82) is 0 Å². The van der Waals surface area contributed by atoms with Crippen molar-refractivity contribution in [2.75, 3.05) is 5.32 Å². The molecule has 2 N–H and O–H groups in total. The van der Waals surface area contributed by atoms with Crippen LogP contribution < -0.4 is 5.32 Å². The molecule has 1 amide bonds. The number of aryl methyl sites for hydroxylation is 2. The third-order valence-electron chi connectivity index (χ3n) is 3.39. The fourth-order valence-electron chi connectivity index (χ4n) is 2.02. The van der Waals surface area contributed by atoms with Gasteiger partial charge in [0, 0.05) is 5.69 Å². The summed E-state index contributed by atoms with van der Waals surface area (Å²) >= 11 is 0. The van der Waals surface area contributed by atoms with Crippen LogP contribution in [0.3, 0.4) is 0 Å². The van der Waals surface area contributed by atoms with Crippen LogP contribution in [0, 0.1) is 13.8 Å². The molecule has 0 aromatic heterocycles. The molecule has 2 rings (SSSR count). The SMILES string of the molecule is Cc1ccc(C)c(NC(=O)C(C)OC(=O)c2cccc(O)c2)c1. The van der Waals surface area contributed by atoms with Gasteiger partial charge in [-0.05, 0) is 56.2 Å². The van der Waals surface area contributed by atoms with E-state index in [-0.39, 0.29) is 11.3 Å². The van der Waals surface area contributed by atoms with Crippen molar-refractivity contribution < 1.29 is 19.4 Å². The van der Waals surface area contributed by atoms with E-state index in [1.54, 1.807) is 0 Å². The molecule has 0 saturated carbocycles. The number of anilines is 1. The first-order valence-electron chi connectivity index (χ1n) is 7.25. The zero-order valence-corrected chi connectivity index (χ0v) is 13.3. The van der Waals surface area contributed by atoms with E-state index in [4.69, 9.17) is 4.74 Å². The van der Waals surface area contributed by atoms with Gasteiger partial charge in [-0.2, -0.15) is 0 Å². The van der Waals surface area contributed by atoms with Crippen LogP contribution >= 0.6 is 0 Å². The van der Waals surface area contributed by atoms with E-state index in [0.717, 1.165) is 11.1 Å². The highest BCUT2D eigenvalue weighted by molar-refractivity contribution is 5.97. The molecule has 23 heavy (non-hydrogen) atoms. The van der Waals surface area contributed by atoms with E-state index in [1.807, 2.05) is 32.0 Å². The maximum absolute atomic E-state index is 12.2. The third-order valence-corrected chi connectivity index (χ3v) is 3.39. The summed E-state index contributed by atoms with van der Waals surface area (Å²) in [5.41, 5.74) is 2.83. The molecular weight excluding hydrogens is 294 g/mol. The van der Waals surface area contributed by atoms with Gasteiger partial charge < -0.3 is 15.2 Å². The molecule has 0 aliphatic rings. The lowest BCUT2D eigenvalue weighted by atomic mass is 10.1. The molecule has 5 heteroatoms. The molecule has 0 bridgehead atoms. The molecule has 0 aliphatic heterocycles. The number of phenolic OH excluding ortho intramolecular Hbond substituents is 1. The second kappa shape index (κ2) is 6.96. The minimum absolute atomic E-state index is 0.0352. The molecule has 5 nitrogen and oxygen atoms in total. The fraction of sp³-hybridized carbons (Fsp3) is 0.222. The van der Waals surface area contributed by atoms with Gasteiger partial charge >= 0.3 is 5.97 Å². The zero-order chi connectivity index (χ0) is 17.0. The molecule has 2 aromatic carbocycles. The first-order chi connectivity index (χ1) is 10.9. The van der Waals surface area contributed by atoms with Crippen molar-refractivity contribution in [3.63, 3.8) is 0 Å². The highest BCUT2D eigenvalue weighted by Gasteiger charge is 2.19. The van der Waals surface area contributed by atoms with Crippen LogP contribution in [0.4, 0.5) is 5.69 Å². The molecule has 1 atom stereocenters. The molecule has 0 spiro atoms. The van der Waals surface area contributed by atoms with Crippen LogP contribution in [0.1, 0.15) is 28.4 Å². The average Bonchev–Trinajstić information content (AvgIpc) is 2.50. The number of carbonyl (C=O) groups excluding carboxylic acids is 2. The van der Waals surface area contributed by atoms with E-state index in [0.29, 0.717) is 5.69 Å². The second-order valence-electron chi connectivity index (χ2n) is 5.41. The number of carbonyl (C=O) groups is 2. The Morgan fingerprint density at radius 2 is 1.87 bits per heavy atom. The Labute approximate surface area is 134 Å². The summed E-state index contributed by atoms with van der Waals surface area (Å²) in [5, 5.41) is 12.1. The average molecular weight is 313 g/mol. The molecule has 0 radical (unpaired) electrons. The van der Waals surface area contributed by atoms with Gasteiger partial charge in [0.2, 0.25) is 0 Å². The van der Waals surface area contributed by atoms with Crippen LogP contribution in [-0.2, 0) is 9.53 Å². The van der Waals surface area contributed by atoms with Gasteiger partial charge in [-0.15, -0.1) is 0 Å². The number of hydrogen-bond donors (Lipinski definition) is 2. The van der Waals surface area contributed by atoms with E-state index in [2.05, 4.69) is 5.32 Å². The largest absolute Gasteiger partial charge is 0.508 e. The van der Waals surface area contributed by atoms with Gasteiger partial charge in [-0.25, -0.2) is 4.79 Å². The number of rotatable bonds is 4. The zero-order valence-electron chi connectivity index (χ0n) is 13.3. The van der Waals surface area contributed by atoms with E-state index in [1.165, 1.54) is 31.2 Å². The Bertz CT molecular complexity index is 740. The Hall–Kier alpha value is -2.82. The van der Waals surface area contributed by atoms with Gasteiger partial charge in [0.05, 0.1) is 5.56 Å². The number of amides is 1. The molecule has 120 valence electrons. The molecule has 0 fully saturated rings. The minimum atomic E-state index is -0.954. The van der Waals surface area contributed by atoms with Gasteiger partial charge in [0.15, 0.2) is 6.10 Å². The number of phenols is 1. The van der Waals surface area contributed by atoms with Crippen molar-refractivity contribution in [1.82, 2.24) is 0 Å². The minimum Gasteiger partial charge on any atom is -0.508 e. The van der Waals surface area contributed by atoms with Gasteiger partial charge in [0.25, 0.3) is 5.91 Å². The van der Waals surface area contributed by atoms with Crippen LogP contribution in [-0.4, -0.2) is 23.1 Å². The lowest BCUT2D eigenvalue weighted by Crippen LogP contribution is -2.30. The highest BCUT2D eigenvalue weighted by Crippen LogP contribution is 2.17. The third kappa shape index (κ3) is 4.32. The van der Waals surface area contributed by atoms with E-state index in [9.17, 15) is 14.7 Å². The van der Waals surface area contributed by atoms with Crippen LogP contribution in [0.25, 0.3) is 0 Å². The summed E-state index contributed by atoms with van der Waals surface area (Å²) in [4.78, 5) is 24.1. The predicted molar refractivity (Wildman–Crippen MR) is 87.5 cm³/mol. The molecule has 0 saturated heterocycles. The van der Waals surface area contributed by atoms with Gasteiger partial charge in [-0.3, -0.25) is 4.79 Å². The number of benzene rings is 2. The second-order valence-corrected chi connectivity index (χ2v) is 5.41. The highest BCUT2D eigenvalue weighted by atomic mass is 16.5. The quantitative estimate of drug-likeness (QED) is 0.850. The van der Waals surface area contributed by atoms with Crippen molar-refractivity contribution in [2.24, 2.45) is 0 Å². The molecular formula is C18H19NO4. The van der Waals surface area contributed by atoms with Gasteiger partial charge in [0.1, 0.15) is 5.75 Å². The summed E-state index contributed by atoms with van der Waals surface area (Å²) in [5.74, 6) is -1.11. The summed E-state index contributed by atoms with van der Waals surface area (Å²) in [6.45, 7) is 5.32. The van der Waals surface area contributed by atoms with Gasteiger partial charge in [-0.1, -0.05) is 18.2 Å². The molecule has 0 heterocycles. The number of nitrogens with one attached hydrogen (secondary N) is 1. The summed E-state index contributed by atoms with van der Waals surface area (Å²) in [7, 11) is 0. The van der Waals surface area contributed by atoms with Crippen molar-refractivity contribution in [3.05, 3.63) is 59.2 Å². The monoisotopic (exact) mass is 313 g/mol. The first-order valence-corrected chi connectivity index (χ1v) is 7.25. The van der Waals surface area contributed by atoms with Crippen LogP contribution in [0.15, 0.2) is 42.5 Å². The molecule has 2 aromatic rings. The van der Waals surface area contributed by atoms with Crippen molar-refractivity contribution in [2.45, 2.75) is 26.9 Å². The number of ether oxygens (including phenoxy) is 1. The van der Waals surface area contributed by atoms with E-state index < -0.39 is 18.0 Å². The summed E-state index contributed by atoms with van der Waals surface area (Å²) in [6.07, 6.45) is -0.954. The van der Waals surface area contributed by atoms with Crippen molar-refractivity contribution in [3.8, 4) is 5.75 Å². The van der Waals surface area contributed by atoms with Crippen LogP contribution in [0.5, 0.6) is 5.75 Å². The molecule has 1 unspecified atom stereocenters. The maximum Gasteiger partial charge on any atom is 0.339 e. The Kier molecular flexibility index (Phi) is 5.01. The fourth-order valence-corrected chi connectivity index (χ4v) is 2.02. The van der Waals surface area contributed by atoms with E-state index >= 15 is 0 Å². The normalized spacial score (nSPS) is 11.6. The first kappa shape index (κ1) is 16.5. The number of aromatic hydroxyl groups is 1. The van der Waals surface area contributed by atoms with Crippen molar-refractivity contribution >= 4 is 17.6 Å². The Morgan fingerprint density at radius 3 is 2.57 bits per heavy atom. The lowest BCUT2D eigenvalue weighted by molar-refractivity contribution is -0.123. The summed E-state index contributed by atoms with van der Waals surface area (Å²) < 4.78 is 5.13. The predicted octanol–water partition coefficient (Wildman–Crippen LogP) is 3.19.